The molecule has 0 saturated heterocycles. The Balaban J connectivity index is 1.75. The van der Waals surface area contributed by atoms with Gasteiger partial charge >= 0.3 is 0 Å². The largest absolute Gasteiger partial charge is 0.328 e. The summed E-state index contributed by atoms with van der Waals surface area (Å²) in [5.74, 6) is 0.485. The van der Waals surface area contributed by atoms with Crippen LogP contribution in [-0.4, -0.2) is 20.4 Å². The lowest BCUT2D eigenvalue weighted by atomic mass is 10.1. The fraction of sp³-hybridized carbons (Fsp3) is 0.235. The zero-order valence-electron chi connectivity index (χ0n) is 12.7. The Bertz CT molecular complexity index is 793. The molecule has 0 radical (unpaired) electrons. The number of fused-ring (bicyclic) bond motifs is 1. The predicted octanol–water partition coefficient (Wildman–Crippen LogP) is 3.19. The van der Waals surface area contributed by atoms with Crippen molar-refractivity contribution in [3.8, 4) is 0 Å². The van der Waals surface area contributed by atoms with Gasteiger partial charge in [-0.15, -0.1) is 0 Å². The normalized spacial score (nSPS) is 11.0. The maximum Gasteiger partial charge on any atom is 0.229 e. The molecule has 0 aliphatic rings. The van der Waals surface area contributed by atoms with Crippen molar-refractivity contribution in [1.29, 1.82) is 0 Å². The lowest BCUT2D eigenvalue weighted by Crippen LogP contribution is -2.15. The number of benzene rings is 1. The molecule has 5 heteroatoms. The molecule has 5 nitrogen and oxygen atoms in total. The van der Waals surface area contributed by atoms with E-state index < -0.39 is 0 Å². The summed E-state index contributed by atoms with van der Waals surface area (Å²) in [6.07, 6.45) is 3.80. The van der Waals surface area contributed by atoms with Gasteiger partial charge in [0.2, 0.25) is 5.91 Å². The maximum absolute atomic E-state index is 12.1. The Morgan fingerprint density at radius 3 is 2.82 bits per heavy atom. The molecule has 1 aromatic carbocycles. The average molecular weight is 294 g/mol. The number of nitrogens with zero attached hydrogens (tertiary/aromatic N) is 3. The number of amides is 1. The molecule has 0 fully saturated rings. The van der Waals surface area contributed by atoms with Gasteiger partial charge in [0.25, 0.3) is 0 Å². The Kier molecular flexibility index (Phi) is 3.87. The fourth-order valence-electron chi connectivity index (χ4n) is 2.41. The molecule has 0 bridgehead atoms. The monoisotopic (exact) mass is 294 g/mol. The fourth-order valence-corrected chi connectivity index (χ4v) is 2.41. The molecule has 112 valence electrons. The molecule has 2 aromatic heterocycles. The lowest BCUT2D eigenvalue weighted by Gasteiger charge is -2.08. The molecule has 1 amide bonds. The quantitative estimate of drug-likeness (QED) is 0.804. The molecule has 0 unspecified atom stereocenters. The smallest absolute Gasteiger partial charge is 0.229 e. The summed E-state index contributed by atoms with van der Waals surface area (Å²) in [6, 6.07) is 11.7. The van der Waals surface area contributed by atoms with E-state index >= 15 is 0 Å². The summed E-state index contributed by atoms with van der Waals surface area (Å²) in [5.41, 5.74) is 2.94. The van der Waals surface area contributed by atoms with Crippen molar-refractivity contribution in [2.75, 3.05) is 5.32 Å². The Labute approximate surface area is 129 Å². The Morgan fingerprint density at radius 2 is 2.09 bits per heavy atom. The molecule has 0 aliphatic heterocycles. The van der Waals surface area contributed by atoms with Gasteiger partial charge < -0.3 is 9.88 Å². The number of carbonyl (C=O) groups excluding carboxylic acids is 1. The van der Waals surface area contributed by atoms with E-state index in [1.807, 2.05) is 36.7 Å². The third-order valence-electron chi connectivity index (χ3n) is 3.49. The van der Waals surface area contributed by atoms with Crippen LogP contribution in [0.25, 0.3) is 11.0 Å². The Morgan fingerprint density at radius 1 is 1.23 bits per heavy atom. The van der Waals surface area contributed by atoms with Crippen molar-refractivity contribution in [2.45, 2.75) is 26.3 Å². The van der Waals surface area contributed by atoms with Crippen LogP contribution in [0.4, 0.5) is 5.82 Å². The first-order valence-electron chi connectivity index (χ1n) is 7.30. The van der Waals surface area contributed by atoms with Crippen LogP contribution >= 0.6 is 0 Å². The average Bonchev–Trinajstić information content (AvgIpc) is 2.91. The number of rotatable bonds is 4. The zero-order chi connectivity index (χ0) is 15.5. The molecular formula is C17H18N4O. The van der Waals surface area contributed by atoms with Crippen molar-refractivity contribution in [3.05, 3.63) is 54.5 Å². The van der Waals surface area contributed by atoms with Crippen LogP contribution in [0.5, 0.6) is 0 Å². The van der Waals surface area contributed by atoms with Gasteiger partial charge in [0.1, 0.15) is 5.82 Å². The molecular weight excluding hydrogens is 276 g/mol. The van der Waals surface area contributed by atoms with Gasteiger partial charge in [-0.25, -0.2) is 9.97 Å². The van der Waals surface area contributed by atoms with E-state index in [0.29, 0.717) is 18.3 Å². The second-order valence-electron chi connectivity index (χ2n) is 5.51. The number of pyridine rings is 1. The minimum Gasteiger partial charge on any atom is -0.328 e. The molecule has 0 saturated carbocycles. The summed E-state index contributed by atoms with van der Waals surface area (Å²) in [7, 11) is 0. The van der Waals surface area contributed by atoms with Crippen LogP contribution in [-0.2, 0) is 11.2 Å². The molecule has 1 N–H and O–H groups in total. The SMILES string of the molecule is CC(C)n1cnc2cc(CC(=O)Nc3ccccn3)ccc21. The van der Waals surface area contributed by atoms with Gasteiger partial charge in [-0.3, -0.25) is 4.79 Å². The summed E-state index contributed by atoms with van der Waals surface area (Å²) in [4.78, 5) is 20.6. The third kappa shape index (κ3) is 2.98. The van der Waals surface area contributed by atoms with Gasteiger partial charge in [-0.2, -0.15) is 0 Å². The van der Waals surface area contributed by atoms with Crippen LogP contribution in [0.3, 0.4) is 0 Å². The van der Waals surface area contributed by atoms with Gasteiger partial charge in [0, 0.05) is 12.2 Å². The minimum atomic E-state index is -0.0821. The van der Waals surface area contributed by atoms with E-state index in [2.05, 4.69) is 33.7 Å². The van der Waals surface area contributed by atoms with Gasteiger partial charge in [-0.1, -0.05) is 12.1 Å². The van der Waals surface area contributed by atoms with Crippen molar-refractivity contribution >= 4 is 22.8 Å². The topological polar surface area (TPSA) is 59.8 Å². The van der Waals surface area contributed by atoms with Crippen LogP contribution in [0.1, 0.15) is 25.5 Å². The second-order valence-corrected chi connectivity index (χ2v) is 5.51. The Hall–Kier alpha value is -2.69. The van der Waals surface area contributed by atoms with Crippen molar-refractivity contribution in [3.63, 3.8) is 0 Å². The highest BCUT2D eigenvalue weighted by Gasteiger charge is 2.09. The van der Waals surface area contributed by atoms with Crippen LogP contribution in [0.15, 0.2) is 48.9 Å². The van der Waals surface area contributed by atoms with E-state index in [9.17, 15) is 4.79 Å². The first-order chi connectivity index (χ1) is 10.6. The zero-order valence-corrected chi connectivity index (χ0v) is 12.7. The third-order valence-corrected chi connectivity index (χ3v) is 3.49. The van der Waals surface area contributed by atoms with E-state index in [-0.39, 0.29) is 5.91 Å². The number of aromatic nitrogens is 3. The lowest BCUT2D eigenvalue weighted by molar-refractivity contribution is -0.115. The number of nitrogens with one attached hydrogen (secondary N) is 1. The van der Waals surface area contributed by atoms with Gasteiger partial charge in [-0.05, 0) is 43.7 Å². The van der Waals surface area contributed by atoms with E-state index in [1.165, 1.54) is 0 Å². The molecule has 22 heavy (non-hydrogen) atoms. The summed E-state index contributed by atoms with van der Waals surface area (Å²) >= 11 is 0. The van der Waals surface area contributed by atoms with Gasteiger partial charge in [0.05, 0.1) is 23.8 Å². The maximum atomic E-state index is 12.1. The van der Waals surface area contributed by atoms with Crippen molar-refractivity contribution in [1.82, 2.24) is 14.5 Å². The van der Waals surface area contributed by atoms with Gasteiger partial charge in [0.15, 0.2) is 0 Å². The molecule has 3 rings (SSSR count). The highest BCUT2D eigenvalue weighted by atomic mass is 16.1. The summed E-state index contributed by atoms with van der Waals surface area (Å²) in [5, 5.41) is 2.79. The molecule has 0 spiro atoms. The predicted molar refractivity (Wildman–Crippen MR) is 86.7 cm³/mol. The molecule has 0 atom stereocenters. The van der Waals surface area contributed by atoms with Crippen LogP contribution in [0.2, 0.25) is 0 Å². The number of anilines is 1. The highest BCUT2D eigenvalue weighted by Crippen LogP contribution is 2.19. The van der Waals surface area contributed by atoms with Crippen molar-refractivity contribution < 1.29 is 4.79 Å². The molecule has 3 aromatic rings. The standard InChI is InChI=1S/C17H18N4O/c1-12(2)21-11-19-14-9-13(6-7-15(14)21)10-17(22)20-16-5-3-4-8-18-16/h3-9,11-12H,10H2,1-2H3,(H,18,20,22). The van der Waals surface area contributed by atoms with Crippen LogP contribution in [0, 0.1) is 0 Å². The molecule has 0 aliphatic carbocycles. The van der Waals surface area contributed by atoms with Crippen molar-refractivity contribution in [2.24, 2.45) is 0 Å². The minimum absolute atomic E-state index is 0.0821. The number of hydrogen-bond acceptors (Lipinski definition) is 3. The van der Waals surface area contributed by atoms with Crippen LogP contribution < -0.4 is 5.32 Å². The summed E-state index contributed by atoms with van der Waals surface area (Å²) in [6.45, 7) is 4.24. The number of imidazole rings is 1. The van der Waals surface area contributed by atoms with E-state index in [4.69, 9.17) is 0 Å². The van der Waals surface area contributed by atoms with E-state index in [1.54, 1.807) is 12.3 Å². The van der Waals surface area contributed by atoms with E-state index in [0.717, 1.165) is 16.6 Å². The first kappa shape index (κ1) is 14.3. The summed E-state index contributed by atoms with van der Waals surface area (Å²) < 4.78 is 2.12. The number of carbonyl (C=O) groups is 1. The first-order valence-corrected chi connectivity index (χ1v) is 7.30. The second kappa shape index (κ2) is 5.97. The highest BCUT2D eigenvalue weighted by molar-refractivity contribution is 5.92. The number of hydrogen-bond donors (Lipinski definition) is 1. The molecule has 2 heterocycles.